The Morgan fingerprint density at radius 3 is 1.82 bits per heavy atom. The molecule has 0 spiro atoms. The zero-order valence-corrected chi connectivity index (χ0v) is 33.2. The first kappa shape index (κ1) is 42.6. The van der Waals surface area contributed by atoms with Gasteiger partial charge in [-0.15, -0.1) is 4.33 Å². The summed E-state index contributed by atoms with van der Waals surface area (Å²) in [5.74, 6) is -1.74. The Bertz CT molecular complexity index is 2340. The first-order chi connectivity index (χ1) is 26.4. The molecule has 2 aliphatic heterocycles. The van der Waals surface area contributed by atoms with Crippen LogP contribution in [0.3, 0.4) is 0 Å². The van der Waals surface area contributed by atoms with Crippen LogP contribution in [0.15, 0.2) is 56.0 Å². The Kier molecular flexibility index (Phi) is 13.1. The number of nitriles is 1. The average molecular weight is 811 g/mol. The molecule has 0 aliphatic carbocycles. The molecule has 2 atom stereocenters. The van der Waals surface area contributed by atoms with Crippen LogP contribution in [0, 0.1) is 11.5 Å². The number of carboxylic acid groups (broad SMARTS) is 2. The maximum atomic E-state index is 14.2. The van der Waals surface area contributed by atoms with E-state index in [1.165, 1.54) is 12.1 Å². The van der Waals surface area contributed by atoms with E-state index in [0.717, 1.165) is 23.3 Å². The molecule has 17 heteroatoms. The van der Waals surface area contributed by atoms with E-state index in [-0.39, 0.29) is 45.0 Å². The number of fused-ring (bicyclic) bond motifs is 2. The van der Waals surface area contributed by atoms with Crippen molar-refractivity contribution < 1.29 is 47.4 Å². The van der Waals surface area contributed by atoms with Gasteiger partial charge in [0.25, 0.3) is 10.1 Å². The van der Waals surface area contributed by atoms with E-state index in [0.29, 0.717) is 67.8 Å². The fourth-order valence-electron chi connectivity index (χ4n) is 8.05. The van der Waals surface area contributed by atoms with Crippen molar-refractivity contribution in [2.75, 3.05) is 22.9 Å². The van der Waals surface area contributed by atoms with Crippen LogP contribution in [0.2, 0.25) is 0 Å². The number of anilines is 2. The van der Waals surface area contributed by atoms with Crippen molar-refractivity contribution in [2.45, 2.75) is 112 Å². The van der Waals surface area contributed by atoms with Crippen LogP contribution < -0.4 is 31.0 Å². The van der Waals surface area contributed by atoms with E-state index in [9.17, 15) is 32.6 Å². The Morgan fingerprint density at radius 1 is 0.857 bits per heavy atom. The van der Waals surface area contributed by atoms with Gasteiger partial charge in [-0.2, -0.15) is 18.7 Å². The summed E-state index contributed by atoms with van der Waals surface area (Å²) in [4.78, 5) is 45.2. The molecule has 0 amide bonds. The lowest BCUT2D eigenvalue weighted by atomic mass is 9.79. The Labute approximate surface area is 328 Å². The Morgan fingerprint density at radius 2 is 1.36 bits per heavy atom. The normalized spacial score (nSPS) is 19.4. The predicted octanol–water partition coefficient (Wildman–Crippen LogP) is 4.16. The molecule has 300 valence electrons. The second-order valence-corrected chi connectivity index (χ2v) is 17.4. The molecule has 0 saturated heterocycles. The molecule has 0 aromatic heterocycles. The zero-order chi connectivity index (χ0) is 41.0. The maximum absolute atomic E-state index is 14.2. The number of carboxylic acids is 2. The monoisotopic (exact) mass is 810 g/mol. The minimum atomic E-state index is -4.51. The van der Waals surface area contributed by atoms with Crippen LogP contribution in [0.1, 0.15) is 90.2 Å². The second kappa shape index (κ2) is 17.3. The number of nitrogens with zero attached hydrogens (tertiary/aromatic N) is 4. The fourth-order valence-corrected chi connectivity index (χ4v) is 8.96. The topological polar surface area (TPSA) is 227 Å². The van der Waals surface area contributed by atoms with Crippen molar-refractivity contribution in [1.82, 2.24) is 0 Å². The van der Waals surface area contributed by atoms with Crippen LogP contribution in [-0.2, 0) is 39.9 Å². The summed E-state index contributed by atoms with van der Waals surface area (Å²) in [6, 6.07) is 9.12. The van der Waals surface area contributed by atoms with Gasteiger partial charge in [0.05, 0.1) is 34.4 Å². The second-order valence-electron chi connectivity index (χ2n) is 15.2. The van der Waals surface area contributed by atoms with E-state index in [1.54, 1.807) is 12.1 Å². The van der Waals surface area contributed by atoms with Crippen LogP contribution in [0.25, 0.3) is 12.2 Å². The summed E-state index contributed by atoms with van der Waals surface area (Å²) in [6.07, 6.45) is 9.13. The lowest BCUT2D eigenvalue weighted by Gasteiger charge is -2.33. The van der Waals surface area contributed by atoms with Gasteiger partial charge < -0.3 is 20.0 Å². The van der Waals surface area contributed by atoms with Gasteiger partial charge in [-0.3, -0.25) is 18.9 Å². The summed E-state index contributed by atoms with van der Waals surface area (Å²) >= 11 is 0.826. The molecule has 2 aliphatic rings. The van der Waals surface area contributed by atoms with E-state index >= 15 is 0 Å². The third kappa shape index (κ3) is 8.85. The molecular weight excluding hydrogens is 765 g/mol. The summed E-state index contributed by atoms with van der Waals surface area (Å²) in [5, 5.41) is 41.3. The molecule has 0 radical (unpaired) electrons. The van der Waals surface area contributed by atoms with Crippen molar-refractivity contribution >= 4 is 57.6 Å². The number of carbonyl (C=O) groups is 2. The molecule has 4 N–H and O–H groups in total. The first-order valence-corrected chi connectivity index (χ1v) is 20.5. The van der Waals surface area contributed by atoms with Gasteiger partial charge in [0, 0.05) is 63.5 Å². The SMILES string of the molecule is CC1(C)c2cc(SOOO)ccc2N(CCCCCC(=O)O)C1C=c1c(=O)c(=CC2N(CCCCCC(=O)O)c3ccc(S(=O)(=O)O)cc3C2(C)C)c1=NC#N. The minimum Gasteiger partial charge on any atom is -0.481 e. The summed E-state index contributed by atoms with van der Waals surface area (Å²) < 4.78 is 38.8. The van der Waals surface area contributed by atoms with Crippen LogP contribution in [-0.4, -0.2) is 65.6 Å². The molecule has 0 fully saturated rings. The third-order valence-electron chi connectivity index (χ3n) is 10.9. The number of unbranched alkanes of at least 4 members (excludes halogenated alkanes) is 4. The number of hydrogen-bond acceptors (Lipinski definition) is 13. The van der Waals surface area contributed by atoms with Gasteiger partial charge in [-0.1, -0.05) is 45.6 Å². The molecule has 3 aromatic rings. The van der Waals surface area contributed by atoms with Crippen LogP contribution >= 0.6 is 12.0 Å². The number of benzene rings is 2. The van der Waals surface area contributed by atoms with E-state index in [2.05, 4.69) is 19.3 Å². The number of rotatable bonds is 18. The van der Waals surface area contributed by atoms with Crippen molar-refractivity contribution in [3.63, 3.8) is 0 Å². The zero-order valence-electron chi connectivity index (χ0n) is 31.6. The molecule has 0 bridgehead atoms. The quantitative estimate of drug-likeness (QED) is 0.0353. The minimum absolute atomic E-state index is 0.0309. The highest BCUT2D eigenvalue weighted by Gasteiger charge is 2.45. The van der Waals surface area contributed by atoms with Gasteiger partial charge in [0.15, 0.2) is 5.43 Å². The van der Waals surface area contributed by atoms with Gasteiger partial charge >= 0.3 is 11.9 Å². The maximum Gasteiger partial charge on any atom is 0.303 e. The standard InChI is InChI=1S/C39H46N4O11S2/c1-38(2)28-19-24(55-54-53-49)13-15-30(28)42(17-9-5-7-11-34(44)45)32(38)21-26-36(41-23-40)27(37(26)48)22-33-39(3,4)29-20-25(56(50,51)52)14-16-31(29)43(33)18-10-6-8-12-35(46)47/h13-16,19-22,32-33,49H,5-12,17-18H2,1-4H3,(H,44,45)(H,46,47)(H,50,51,52). The molecule has 15 nitrogen and oxygen atoms in total. The van der Waals surface area contributed by atoms with Crippen molar-refractivity contribution in [3.05, 3.63) is 73.5 Å². The van der Waals surface area contributed by atoms with Gasteiger partial charge in [-0.05, 0) is 85.4 Å². The summed E-state index contributed by atoms with van der Waals surface area (Å²) in [7, 11) is -4.51. The molecule has 2 heterocycles. The largest absolute Gasteiger partial charge is 0.481 e. The van der Waals surface area contributed by atoms with E-state index in [1.807, 2.05) is 63.1 Å². The molecule has 2 unspecified atom stereocenters. The Balaban J connectivity index is 1.59. The predicted molar refractivity (Wildman–Crippen MR) is 208 cm³/mol. The fraction of sp³-hybridized carbons (Fsp3) is 0.462. The lowest BCUT2D eigenvalue weighted by Crippen LogP contribution is -2.67. The first-order valence-electron chi connectivity index (χ1n) is 18.3. The Hall–Kier alpha value is -4.57. The highest BCUT2D eigenvalue weighted by Crippen LogP contribution is 2.48. The molecule has 56 heavy (non-hydrogen) atoms. The highest BCUT2D eigenvalue weighted by molar-refractivity contribution is 7.94. The molecular formula is C39H46N4O11S2. The van der Waals surface area contributed by atoms with Crippen LogP contribution in [0.4, 0.5) is 11.4 Å². The number of hydrogen-bond donors (Lipinski definition) is 4. The van der Waals surface area contributed by atoms with Crippen molar-refractivity contribution in [2.24, 2.45) is 4.99 Å². The van der Waals surface area contributed by atoms with Crippen molar-refractivity contribution in [1.29, 1.82) is 5.26 Å². The number of aliphatic carboxylic acids is 2. The highest BCUT2D eigenvalue weighted by atomic mass is 32.2. The van der Waals surface area contributed by atoms with Gasteiger partial charge in [0.1, 0.15) is 0 Å². The van der Waals surface area contributed by atoms with Gasteiger partial charge in [-0.25, -0.2) is 5.26 Å². The third-order valence-corrected chi connectivity index (χ3v) is 12.4. The summed E-state index contributed by atoms with van der Waals surface area (Å²) in [6.45, 7) is 8.89. The van der Waals surface area contributed by atoms with E-state index in [4.69, 9.17) is 15.5 Å². The molecule has 5 rings (SSSR count). The lowest BCUT2D eigenvalue weighted by molar-refractivity contribution is -0.432. The molecule has 0 saturated carbocycles. The molecule has 3 aromatic carbocycles. The average Bonchev–Trinajstić information content (AvgIpc) is 3.47. The van der Waals surface area contributed by atoms with E-state index < -0.39 is 38.9 Å². The van der Waals surface area contributed by atoms with Crippen molar-refractivity contribution in [3.8, 4) is 6.19 Å². The van der Waals surface area contributed by atoms with Gasteiger partial charge in [0.2, 0.25) is 6.19 Å². The van der Waals surface area contributed by atoms with Crippen LogP contribution in [0.5, 0.6) is 0 Å². The summed E-state index contributed by atoms with van der Waals surface area (Å²) in [5.41, 5.74) is 1.50. The smallest absolute Gasteiger partial charge is 0.303 e.